The Bertz CT molecular complexity index is 587. The molecule has 0 fully saturated rings. The zero-order valence-corrected chi connectivity index (χ0v) is 14.1. The molecule has 2 N–H and O–H groups in total. The largest absolute Gasteiger partial charge is 0.370 e. The van der Waals surface area contributed by atoms with Gasteiger partial charge in [0.1, 0.15) is 16.7 Å². The molecular formula is C15H23N5S. The molecule has 6 heteroatoms. The van der Waals surface area contributed by atoms with Crippen LogP contribution in [0.2, 0.25) is 0 Å². The SMILES string of the molecule is CCCNc1nc(C(C)(C)C)nc(Sc2ncc[nH]2)c1C. The van der Waals surface area contributed by atoms with Gasteiger partial charge >= 0.3 is 0 Å². The first-order valence-electron chi connectivity index (χ1n) is 7.22. The third kappa shape index (κ3) is 3.97. The van der Waals surface area contributed by atoms with Gasteiger partial charge in [-0.2, -0.15) is 0 Å². The van der Waals surface area contributed by atoms with E-state index in [1.54, 1.807) is 18.0 Å². The average Bonchev–Trinajstić information content (AvgIpc) is 2.91. The molecule has 0 unspecified atom stereocenters. The van der Waals surface area contributed by atoms with Crippen LogP contribution in [-0.4, -0.2) is 26.5 Å². The highest BCUT2D eigenvalue weighted by molar-refractivity contribution is 7.99. The number of aromatic nitrogens is 4. The Morgan fingerprint density at radius 2 is 2.05 bits per heavy atom. The van der Waals surface area contributed by atoms with E-state index < -0.39 is 0 Å². The van der Waals surface area contributed by atoms with E-state index in [1.165, 1.54) is 0 Å². The molecular weight excluding hydrogens is 282 g/mol. The van der Waals surface area contributed by atoms with Crippen LogP contribution in [0.4, 0.5) is 5.82 Å². The van der Waals surface area contributed by atoms with Crippen LogP contribution < -0.4 is 5.32 Å². The summed E-state index contributed by atoms with van der Waals surface area (Å²) in [5.41, 5.74) is 0.979. The molecule has 2 aromatic rings. The van der Waals surface area contributed by atoms with Gasteiger partial charge < -0.3 is 10.3 Å². The predicted molar refractivity (Wildman–Crippen MR) is 87.0 cm³/mol. The van der Waals surface area contributed by atoms with Crippen LogP contribution >= 0.6 is 11.8 Å². The summed E-state index contributed by atoms with van der Waals surface area (Å²) in [5, 5.41) is 5.19. The molecule has 0 bridgehead atoms. The van der Waals surface area contributed by atoms with Crippen molar-refractivity contribution in [3.63, 3.8) is 0 Å². The first-order valence-corrected chi connectivity index (χ1v) is 8.03. The maximum atomic E-state index is 4.74. The first-order chi connectivity index (χ1) is 9.91. The van der Waals surface area contributed by atoms with Crippen LogP contribution in [0.5, 0.6) is 0 Å². The molecule has 0 aliphatic heterocycles. The van der Waals surface area contributed by atoms with Crippen molar-refractivity contribution < 1.29 is 0 Å². The second kappa shape index (κ2) is 6.47. The van der Waals surface area contributed by atoms with E-state index in [4.69, 9.17) is 9.97 Å². The second-order valence-corrected chi connectivity index (χ2v) is 6.98. The third-order valence-corrected chi connectivity index (χ3v) is 3.99. The molecule has 0 aliphatic rings. The zero-order chi connectivity index (χ0) is 15.5. The standard InChI is InChI=1S/C15H23N5S/c1-6-7-16-11-10(2)12(21-14-17-8-9-18-14)20-13(19-11)15(3,4)5/h8-9H,6-7H2,1-5H3,(H,17,18)(H,16,19,20). The number of nitrogens with zero attached hydrogens (tertiary/aromatic N) is 3. The molecule has 0 amide bonds. The minimum atomic E-state index is -0.0885. The summed E-state index contributed by atoms with van der Waals surface area (Å²) in [6.45, 7) is 11.5. The quantitative estimate of drug-likeness (QED) is 0.823. The molecule has 21 heavy (non-hydrogen) atoms. The molecule has 114 valence electrons. The number of aromatic amines is 1. The molecule has 0 saturated carbocycles. The molecule has 0 radical (unpaired) electrons. The van der Waals surface area contributed by atoms with Gasteiger partial charge in [-0.1, -0.05) is 27.7 Å². The minimum absolute atomic E-state index is 0.0885. The summed E-state index contributed by atoms with van der Waals surface area (Å²) in [5.74, 6) is 1.77. The number of hydrogen-bond donors (Lipinski definition) is 2. The Morgan fingerprint density at radius 1 is 1.29 bits per heavy atom. The number of imidazole rings is 1. The summed E-state index contributed by atoms with van der Waals surface area (Å²) in [6.07, 6.45) is 4.63. The van der Waals surface area contributed by atoms with Crippen LogP contribution in [0.25, 0.3) is 0 Å². The van der Waals surface area contributed by atoms with E-state index in [1.807, 2.05) is 6.20 Å². The zero-order valence-electron chi connectivity index (χ0n) is 13.3. The molecule has 5 nitrogen and oxygen atoms in total. The van der Waals surface area contributed by atoms with Crippen LogP contribution in [0, 0.1) is 6.92 Å². The second-order valence-electron chi connectivity index (χ2n) is 6.00. The Hall–Kier alpha value is -1.56. The molecule has 0 saturated heterocycles. The number of nitrogens with one attached hydrogen (secondary N) is 2. The van der Waals surface area contributed by atoms with Crippen molar-refractivity contribution in [1.82, 2.24) is 19.9 Å². The van der Waals surface area contributed by atoms with Gasteiger partial charge in [0.2, 0.25) is 0 Å². The summed E-state index contributed by atoms with van der Waals surface area (Å²) in [6, 6.07) is 0. The van der Waals surface area contributed by atoms with E-state index in [9.17, 15) is 0 Å². The van der Waals surface area contributed by atoms with Gasteiger partial charge in [0.25, 0.3) is 0 Å². The normalized spacial score (nSPS) is 11.7. The maximum absolute atomic E-state index is 4.74. The van der Waals surface area contributed by atoms with Crippen molar-refractivity contribution >= 4 is 17.6 Å². The molecule has 0 spiro atoms. The van der Waals surface area contributed by atoms with Crippen molar-refractivity contribution in [3.8, 4) is 0 Å². The van der Waals surface area contributed by atoms with Gasteiger partial charge in [0.05, 0.1) is 0 Å². The van der Waals surface area contributed by atoms with Gasteiger partial charge in [-0.05, 0) is 25.1 Å². The summed E-state index contributed by atoms with van der Waals surface area (Å²) >= 11 is 1.54. The van der Waals surface area contributed by atoms with Crippen LogP contribution in [0.3, 0.4) is 0 Å². The number of H-pyrrole nitrogens is 1. The Morgan fingerprint density at radius 3 is 2.62 bits per heavy atom. The van der Waals surface area contributed by atoms with Gasteiger partial charge in [0.15, 0.2) is 5.16 Å². The molecule has 2 aromatic heterocycles. The molecule has 0 aromatic carbocycles. The highest BCUT2D eigenvalue weighted by atomic mass is 32.2. The van der Waals surface area contributed by atoms with E-state index in [-0.39, 0.29) is 5.41 Å². The molecule has 2 heterocycles. The summed E-state index contributed by atoms with van der Waals surface area (Å²) < 4.78 is 0. The van der Waals surface area contributed by atoms with Gasteiger partial charge in [-0.15, -0.1) is 0 Å². The lowest BCUT2D eigenvalue weighted by Crippen LogP contribution is -2.19. The molecule has 0 atom stereocenters. The minimum Gasteiger partial charge on any atom is -0.370 e. The average molecular weight is 305 g/mol. The van der Waals surface area contributed by atoms with Crippen molar-refractivity contribution in [2.24, 2.45) is 0 Å². The topological polar surface area (TPSA) is 66.5 Å². The van der Waals surface area contributed by atoms with Gasteiger partial charge in [0, 0.05) is 29.9 Å². The van der Waals surface area contributed by atoms with E-state index in [0.29, 0.717) is 0 Å². The summed E-state index contributed by atoms with van der Waals surface area (Å²) in [7, 11) is 0. The highest BCUT2D eigenvalue weighted by Crippen LogP contribution is 2.31. The lowest BCUT2D eigenvalue weighted by atomic mass is 9.95. The van der Waals surface area contributed by atoms with Crippen LogP contribution in [0.1, 0.15) is 45.5 Å². The Balaban J connectivity index is 2.41. The van der Waals surface area contributed by atoms with E-state index in [2.05, 4.69) is 49.9 Å². The fourth-order valence-corrected chi connectivity index (χ4v) is 2.55. The van der Waals surface area contributed by atoms with Crippen molar-refractivity contribution in [2.45, 2.75) is 56.6 Å². The molecule has 0 aliphatic carbocycles. The van der Waals surface area contributed by atoms with Crippen molar-refractivity contribution in [1.29, 1.82) is 0 Å². The monoisotopic (exact) mass is 305 g/mol. The Kier molecular flexibility index (Phi) is 4.88. The van der Waals surface area contributed by atoms with Crippen LogP contribution in [0.15, 0.2) is 22.6 Å². The fraction of sp³-hybridized carbons (Fsp3) is 0.533. The van der Waals surface area contributed by atoms with E-state index >= 15 is 0 Å². The summed E-state index contributed by atoms with van der Waals surface area (Å²) in [4.78, 5) is 16.8. The van der Waals surface area contributed by atoms with Gasteiger partial charge in [-0.25, -0.2) is 15.0 Å². The lowest BCUT2D eigenvalue weighted by molar-refractivity contribution is 0.538. The van der Waals surface area contributed by atoms with Gasteiger partial charge in [-0.3, -0.25) is 0 Å². The lowest BCUT2D eigenvalue weighted by Gasteiger charge is -2.20. The van der Waals surface area contributed by atoms with Crippen LogP contribution in [-0.2, 0) is 5.41 Å². The fourth-order valence-electron chi connectivity index (χ4n) is 1.74. The first kappa shape index (κ1) is 15.8. The predicted octanol–water partition coefficient (Wildman–Crippen LogP) is 3.78. The highest BCUT2D eigenvalue weighted by Gasteiger charge is 2.21. The Labute approximate surface area is 130 Å². The maximum Gasteiger partial charge on any atom is 0.171 e. The number of rotatable bonds is 5. The smallest absolute Gasteiger partial charge is 0.171 e. The van der Waals surface area contributed by atoms with Crippen molar-refractivity contribution in [3.05, 3.63) is 23.8 Å². The number of anilines is 1. The van der Waals surface area contributed by atoms with E-state index in [0.717, 1.165) is 40.4 Å². The third-order valence-electron chi connectivity index (χ3n) is 2.98. The molecule has 2 rings (SSSR count). The van der Waals surface area contributed by atoms with Crippen molar-refractivity contribution in [2.75, 3.05) is 11.9 Å². The number of hydrogen-bond acceptors (Lipinski definition) is 5.